The third-order valence-corrected chi connectivity index (χ3v) is 3.65. The maximum atomic E-state index is 13.3. The highest BCUT2D eigenvalue weighted by atomic mass is 19.1. The van der Waals surface area contributed by atoms with E-state index in [2.05, 4.69) is 0 Å². The molecule has 2 rings (SSSR count). The molecule has 0 saturated carbocycles. The molecule has 0 aliphatic heterocycles. The summed E-state index contributed by atoms with van der Waals surface area (Å²) in [7, 11) is 2.79. The zero-order valence-electron chi connectivity index (χ0n) is 14.9. The number of carbonyl (C=O) groups is 2. The number of ketones is 2. The number of hydrogen-bond donors (Lipinski definition) is 1. The van der Waals surface area contributed by atoms with Crippen molar-refractivity contribution < 1.29 is 28.6 Å². The number of phenols is 1. The average molecular weight is 370 g/mol. The molecule has 6 heteroatoms. The second kappa shape index (κ2) is 9.33. The van der Waals surface area contributed by atoms with E-state index in [1.165, 1.54) is 62.8 Å². The Morgan fingerprint density at radius 2 is 1.48 bits per heavy atom. The summed E-state index contributed by atoms with van der Waals surface area (Å²) < 4.78 is 23.2. The molecule has 0 amide bonds. The molecule has 0 aromatic heterocycles. The average Bonchev–Trinajstić information content (AvgIpc) is 2.65. The molecule has 1 N–H and O–H groups in total. The number of carbonyl (C=O) groups excluding carboxylic acids is 2. The van der Waals surface area contributed by atoms with Gasteiger partial charge in [0.2, 0.25) is 0 Å². The van der Waals surface area contributed by atoms with Crippen molar-refractivity contribution in [2.45, 2.75) is 6.42 Å². The van der Waals surface area contributed by atoms with Crippen LogP contribution in [0.2, 0.25) is 0 Å². The van der Waals surface area contributed by atoms with Crippen LogP contribution in [-0.2, 0) is 9.59 Å². The van der Waals surface area contributed by atoms with Gasteiger partial charge in [-0.3, -0.25) is 9.59 Å². The molecule has 0 aliphatic rings. The number of halogens is 1. The fourth-order valence-electron chi connectivity index (χ4n) is 2.26. The second-order valence-electron chi connectivity index (χ2n) is 5.60. The molecule has 0 unspecified atom stereocenters. The van der Waals surface area contributed by atoms with Crippen LogP contribution in [0.3, 0.4) is 0 Å². The van der Waals surface area contributed by atoms with Gasteiger partial charge in [-0.25, -0.2) is 4.39 Å². The summed E-state index contributed by atoms with van der Waals surface area (Å²) in [5.41, 5.74) is 1.18. The lowest BCUT2D eigenvalue weighted by atomic mass is 10.1. The highest BCUT2D eigenvalue weighted by molar-refractivity contribution is 6.10. The number of rotatable bonds is 8. The first-order valence-electron chi connectivity index (χ1n) is 8.05. The van der Waals surface area contributed by atoms with Gasteiger partial charge in [-0.1, -0.05) is 24.3 Å². The van der Waals surface area contributed by atoms with E-state index in [0.29, 0.717) is 16.9 Å². The first-order valence-corrected chi connectivity index (χ1v) is 8.05. The monoisotopic (exact) mass is 370 g/mol. The number of ether oxygens (including phenoxy) is 2. The molecule has 5 nitrogen and oxygen atoms in total. The first-order chi connectivity index (χ1) is 12.9. The van der Waals surface area contributed by atoms with Gasteiger partial charge in [0, 0.05) is 0 Å². The summed E-state index contributed by atoms with van der Waals surface area (Å²) in [4.78, 5) is 23.8. The number of allylic oxidation sites excluding steroid dienone is 2. The molecule has 140 valence electrons. The SMILES string of the molecule is COc1ccc(/C=C/C(=O)CC(=O)/C=C/c2ccc(F)c(OC)c2)cc1O. The van der Waals surface area contributed by atoms with E-state index in [-0.39, 0.29) is 29.5 Å². The minimum atomic E-state index is -0.495. The van der Waals surface area contributed by atoms with E-state index >= 15 is 0 Å². The molecule has 27 heavy (non-hydrogen) atoms. The third kappa shape index (κ3) is 5.81. The summed E-state index contributed by atoms with van der Waals surface area (Å²) in [6.45, 7) is 0. The molecule has 0 atom stereocenters. The van der Waals surface area contributed by atoms with Crippen LogP contribution in [0.4, 0.5) is 4.39 Å². The van der Waals surface area contributed by atoms with Gasteiger partial charge in [0.05, 0.1) is 20.6 Å². The van der Waals surface area contributed by atoms with Crippen LogP contribution >= 0.6 is 0 Å². The molecule has 2 aromatic rings. The van der Waals surface area contributed by atoms with E-state index in [9.17, 15) is 19.1 Å². The lowest BCUT2D eigenvalue weighted by molar-refractivity contribution is -0.121. The Bertz CT molecular complexity index is 899. The number of phenolic OH excluding ortho intramolecular Hbond substituents is 1. The Morgan fingerprint density at radius 1 is 0.926 bits per heavy atom. The van der Waals surface area contributed by atoms with Gasteiger partial charge in [-0.15, -0.1) is 0 Å². The summed E-state index contributed by atoms with van der Waals surface area (Å²) in [5, 5.41) is 9.70. The van der Waals surface area contributed by atoms with Crippen LogP contribution in [0.1, 0.15) is 17.5 Å². The highest BCUT2D eigenvalue weighted by Crippen LogP contribution is 2.26. The molecule has 0 bridgehead atoms. The first kappa shape index (κ1) is 19.9. The molecule has 0 radical (unpaired) electrons. The van der Waals surface area contributed by atoms with Crippen LogP contribution in [0, 0.1) is 5.82 Å². The standard InChI is InChI=1S/C21H19FO5/c1-26-20-10-6-14(11-19(20)25)3-7-16(23)13-17(24)8-4-15-5-9-18(22)21(12-15)27-2/h3-12,25H,13H2,1-2H3/b7-3+,8-4+. The zero-order valence-corrected chi connectivity index (χ0v) is 14.9. The Hall–Kier alpha value is -3.41. The zero-order chi connectivity index (χ0) is 19.8. The van der Waals surface area contributed by atoms with E-state index in [1.54, 1.807) is 12.1 Å². The van der Waals surface area contributed by atoms with Crippen LogP contribution in [0.25, 0.3) is 12.2 Å². The lowest BCUT2D eigenvalue weighted by Crippen LogP contribution is -2.01. The summed E-state index contributed by atoms with van der Waals surface area (Å²) in [5.74, 6) is -0.892. The fraction of sp³-hybridized carbons (Fsp3) is 0.143. The van der Waals surface area contributed by atoms with Crippen molar-refractivity contribution in [1.29, 1.82) is 0 Å². The minimum absolute atomic E-state index is 0.0409. The highest BCUT2D eigenvalue weighted by Gasteiger charge is 2.06. The molecule has 0 spiro atoms. The van der Waals surface area contributed by atoms with E-state index < -0.39 is 5.82 Å². The summed E-state index contributed by atoms with van der Waals surface area (Å²) >= 11 is 0. The quantitative estimate of drug-likeness (QED) is 0.565. The fourth-order valence-corrected chi connectivity index (χ4v) is 2.26. The Morgan fingerprint density at radius 3 is 2.04 bits per heavy atom. The third-order valence-electron chi connectivity index (χ3n) is 3.65. The van der Waals surface area contributed by atoms with Gasteiger partial charge in [-0.2, -0.15) is 0 Å². The summed E-state index contributed by atoms with van der Waals surface area (Å²) in [6, 6.07) is 8.89. The van der Waals surface area contributed by atoms with Crippen molar-refractivity contribution in [2.24, 2.45) is 0 Å². The lowest BCUT2D eigenvalue weighted by Gasteiger charge is -2.03. The van der Waals surface area contributed by atoms with E-state index in [0.717, 1.165) is 0 Å². The summed E-state index contributed by atoms with van der Waals surface area (Å²) in [6.07, 6.45) is 5.23. The normalized spacial score (nSPS) is 11.1. The minimum Gasteiger partial charge on any atom is -0.504 e. The van der Waals surface area contributed by atoms with Crippen molar-refractivity contribution >= 4 is 23.7 Å². The Labute approximate surface area is 156 Å². The maximum Gasteiger partial charge on any atom is 0.165 e. The van der Waals surface area contributed by atoms with Crippen LogP contribution in [-0.4, -0.2) is 30.9 Å². The topological polar surface area (TPSA) is 72.8 Å². The van der Waals surface area contributed by atoms with Crippen molar-refractivity contribution in [3.8, 4) is 17.2 Å². The van der Waals surface area contributed by atoms with Gasteiger partial charge in [0.1, 0.15) is 0 Å². The van der Waals surface area contributed by atoms with Gasteiger partial charge >= 0.3 is 0 Å². The van der Waals surface area contributed by atoms with Gasteiger partial charge in [0.15, 0.2) is 34.6 Å². The van der Waals surface area contributed by atoms with Crippen LogP contribution in [0.15, 0.2) is 48.6 Å². The number of methoxy groups -OCH3 is 2. The predicted molar refractivity (Wildman–Crippen MR) is 100 cm³/mol. The van der Waals surface area contributed by atoms with Crippen molar-refractivity contribution in [1.82, 2.24) is 0 Å². The smallest absolute Gasteiger partial charge is 0.165 e. The van der Waals surface area contributed by atoms with Gasteiger partial charge in [-0.05, 0) is 47.5 Å². The Balaban J connectivity index is 1.95. The molecule has 2 aromatic carbocycles. The van der Waals surface area contributed by atoms with Crippen molar-refractivity contribution in [3.05, 3.63) is 65.5 Å². The van der Waals surface area contributed by atoms with Gasteiger partial charge < -0.3 is 14.6 Å². The van der Waals surface area contributed by atoms with Crippen LogP contribution < -0.4 is 9.47 Å². The van der Waals surface area contributed by atoms with Crippen LogP contribution in [0.5, 0.6) is 17.2 Å². The molecular formula is C21H19FO5. The molecule has 0 saturated heterocycles. The van der Waals surface area contributed by atoms with Gasteiger partial charge in [0.25, 0.3) is 0 Å². The number of benzene rings is 2. The number of hydrogen-bond acceptors (Lipinski definition) is 5. The second-order valence-corrected chi connectivity index (χ2v) is 5.60. The number of aromatic hydroxyl groups is 1. The molecular weight excluding hydrogens is 351 g/mol. The van der Waals surface area contributed by atoms with Crippen molar-refractivity contribution in [3.63, 3.8) is 0 Å². The molecule has 0 aliphatic carbocycles. The van der Waals surface area contributed by atoms with Crippen molar-refractivity contribution in [2.75, 3.05) is 14.2 Å². The molecule has 0 heterocycles. The Kier molecular flexibility index (Phi) is 6.88. The van der Waals surface area contributed by atoms with E-state index in [1.807, 2.05) is 0 Å². The van der Waals surface area contributed by atoms with E-state index in [4.69, 9.17) is 9.47 Å². The molecule has 0 fully saturated rings. The predicted octanol–water partition coefficient (Wildman–Crippen LogP) is 3.80. The maximum absolute atomic E-state index is 13.3. The largest absolute Gasteiger partial charge is 0.504 e.